The molecular weight excluding hydrogens is 265 g/mol. The summed E-state index contributed by atoms with van der Waals surface area (Å²) in [5, 5.41) is 0.468. The largest absolute Gasteiger partial charge is 0.338 e. The third kappa shape index (κ3) is 2.09. The van der Waals surface area contributed by atoms with Gasteiger partial charge in [0.25, 0.3) is 0 Å². The first-order chi connectivity index (χ1) is 9.19. The fraction of sp³-hybridized carbons (Fsp3) is 0.0714. The van der Waals surface area contributed by atoms with E-state index in [1.807, 2.05) is 18.2 Å². The van der Waals surface area contributed by atoms with Gasteiger partial charge in [0.05, 0.1) is 16.6 Å². The molecule has 1 aromatic heterocycles. The summed E-state index contributed by atoms with van der Waals surface area (Å²) in [5.41, 5.74) is 8.54. The molecule has 0 bridgehead atoms. The van der Waals surface area contributed by atoms with E-state index in [1.165, 1.54) is 12.1 Å². The number of nitrogens with two attached hydrogens (primary N) is 1. The molecule has 3 N–H and O–H groups in total. The van der Waals surface area contributed by atoms with Crippen molar-refractivity contribution in [2.24, 2.45) is 5.73 Å². The Labute approximate surface area is 114 Å². The molecule has 3 aromatic rings. The SMILES string of the molecule is NCc1cccc2[nH]c(-c3cc(Cl)ccc3F)nc12. The number of rotatable bonds is 2. The minimum atomic E-state index is -0.363. The Balaban J connectivity index is 2.23. The summed E-state index contributed by atoms with van der Waals surface area (Å²) in [6, 6.07) is 10.1. The summed E-state index contributed by atoms with van der Waals surface area (Å²) in [6.07, 6.45) is 0. The second kappa shape index (κ2) is 4.64. The van der Waals surface area contributed by atoms with Crippen molar-refractivity contribution in [3.8, 4) is 11.4 Å². The standard InChI is InChI=1S/C14H11ClFN3/c15-9-4-5-11(16)10(6-9)14-18-12-3-1-2-8(7-17)13(12)19-14/h1-6H,7,17H2,(H,18,19). The molecule has 0 saturated carbocycles. The third-order valence-corrected chi connectivity index (χ3v) is 3.23. The van der Waals surface area contributed by atoms with Crippen molar-refractivity contribution in [2.75, 3.05) is 0 Å². The Morgan fingerprint density at radius 1 is 1.26 bits per heavy atom. The number of aromatic amines is 1. The minimum Gasteiger partial charge on any atom is -0.338 e. The maximum absolute atomic E-state index is 13.8. The van der Waals surface area contributed by atoms with Crippen molar-refractivity contribution in [2.45, 2.75) is 6.54 Å². The van der Waals surface area contributed by atoms with Crippen molar-refractivity contribution in [3.05, 3.63) is 52.8 Å². The zero-order valence-electron chi connectivity index (χ0n) is 9.95. The quantitative estimate of drug-likeness (QED) is 0.752. The summed E-state index contributed by atoms with van der Waals surface area (Å²) in [6.45, 7) is 0.389. The Bertz CT molecular complexity index is 752. The molecule has 0 fully saturated rings. The van der Waals surface area contributed by atoms with Crippen molar-refractivity contribution >= 4 is 22.6 Å². The van der Waals surface area contributed by atoms with E-state index in [1.54, 1.807) is 6.07 Å². The number of H-pyrrole nitrogens is 1. The molecule has 0 spiro atoms. The minimum absolute atomic E-state index is 0.353. The number of imidazole rings is 1. The zero-order valence-corrected chi connectivity index (χ0v) is 10.7. The monoisotopic (exact) mass is 275 g/mol. The van der Waals surface area contributed by atoms with Crippen molar-refractivity contribution in [1.29, 1.82) is 0 Å². The topological polar surface area (TPSA) is 54.7 Å². The molecule has 0 aliphatic carbocycles. The molecule has 2 aromatic carbocycles. The molecule has 0 atom stereocenters. The van der Waals surface area contributed by atoms with Crippen LogP contribution in [0.2, 0.25) is 5.02 Å². The van der Waals surface area contributed by atoms with Crippen LogP contribution in [-0.4, -0.2) is 9.97 Å². The van der Waals surface area contributed by atoms with Crippen molar-refractivity contribution < 1.29 is 4.39 Å². The van der Waals surface area contributed by atoms with Gasteiger partial charge in [-0.15, -0.1) is 0 Å². The predicted octanol–water partition coefficient (Wildman–Crippen LogP) is 3.48. The molecule has 0 aliphatic rings. The van der Waals surface area contributed by atoms with Crippen molar-refractivity contribution in [1.82, 2.24) is 9.97 Å². The van der Waals surface area contributed by atoms with Crippen LogP contribution in [0, 0.1) is 5.82 Å². The van der Waals surface area contributed by atoms with E-state index in [-0.39, 0.29) is 5.82 Å². The fourth-order valence-electron chi connectivity index (χ4n) is 2.06. The van der Waals surface area contributed by atoms with Crippen LogP contribution in [0.25, 0.3) is 22.4 Å². The molecule has 0 saturated heterocycles. The van der Waals surface area contributed by atoms with Crippen LogP contribution < -0.4 is 5.73 Å². The zero-order chi connectivity index (χ0) is 13.4. The molecule has 0 amide bonds. The maximum atomic E-state index is 13.8. The number of nitrogens with one attached hydrogen (secondary N) is 1. The lowest BCUT2D eigenvalue weighted by atomic mass is 10.2. The average Bonchev–Trinajstić information content (AvgIpc) is 2.85. The van der Waals surface area contributed by atoms with Crippen molar-refractivity contribution in [3.63, 3.8) is 0 Å². The Kier molecular flexibility index (Phi) is 2.97. The van der Waals surface area contributed by atoms with Gasteiger partial charge in [0.2, 0.25) is 0 Å². The first-order valence-corrected chi connectivity index (χ1v) is 6.20. The van der Waals surface area contributed by atoms with Crippen LogP contribution in [0.5, 0.6) is 0 Å². The third-order valence-electron chi connectivity index (χ3n) is 3.00. The Morgan fingerprint density at radius 3 is 2.89 bits per heavy atom. The number of fused-ring (bicyclic) bond motifs is 1. The smallest absolute Gasteiger partial charge is 0.141 e. The van der Waals surface area contributed by atoms with E-state index in [2.05, 4.69) is 9.97 Å². The number of halogens is 2. The van der Waals surface area contributed by atoms with E-state index in [0.717, 1.165) is 16.6 Å². The number of para-hydroxylation sites is 1. The second-order valence-corrected chi connectivity index (χ2v) is 4.66. The highest BCUT2D eigenvalue weighted by Crippen LogP contribution is 2.27. The molecule has 5 heteroatoms. The van der Waals surface area contributed by atoms with Gasteiger partial charge in [-0.25, -0.2) is 9.37 Å². The normalized spacial score (nSPS) is 11.1. The van der Waals surface area contributed by atoms with Gasteiger partial charge >= 0.3 is 0 Å². The summed E-state index contributed by atoms with van der Waals surface area (Å²) < 4.78 is 13.8. The van der Waals surface area contributed by atoms with Gasteiger partial charge in [0, 0.05) is 11.6 Å². The molecule has 0 radical (unpaired) electrons. The van der Waals surface area contributed by atoms with Crippen LogP contribution >= 0.6 is 11.6 Å². The molecule has 3 rings (SSSR count). The summed E-state index contributed by atoms with van der Waals surface area (Å²) >= 11 is 5.90. The van der Waals surface area contributed by atoms with Gasteiger partial charge in [-0.05, 0) is 29.8 Å². The van der Waals surface area contributed by atoms with E-state index in [0.29, 0.717) is 23.0 Å². The number of hydrogen-bond donors (Lipinski definition) is 2. The highest BCUT2D eigenvalue weighted by Gasteiger charge is 2.12. The second-order valence-electron chi connectivity index (χ2n) is 4.23. The fourth-order valence-corrected chi connectivity index (χ4v) is 2.23. The summed E-state index contributed by atoms with van der Waals surface area (Å²) in [5.74, 6) is 0.0913. The molecule has 0 unspecified atom stereocenters. The van der Waals surface area contributed by atoms with Gasteiger partial charge in [-0.3, -0.25) is 0 Å². The molecule has 96 valence electrons. The van der Waals surface area contributed by atoms with Crippen LogP contribution in [0.1, 0.15) is 5.56 Å². The lowest BCUT2D eigenvalue weighted by Crippen LogP contribution is -1.96. The van der Waals surface area contributed by atoms with Gasteiger partial charge in [0.1, 0.15) is 11.6 Å². The number of benzene rings is 2. The molecular formula is C14H11ClFN3. The highest BCUT2D eigenvalue weighted by molar-refractivity contribution is 6.30. The van der Waals surface area contributed by atoms with E-state index in [9.17, 15) is 4.39 Å². The molecule has 1 heterocycles. The Morgan fingerprint density at radius 2 is 2.11 bits per heavy atom. The first kappa shape index (κ1) is 12.1. The van der Waals surface area contributed by atoms with Gasteiger partial charge < -0.3 is 10.7 Å². The summed E-state index contributed by atoms with van der Waals surface area (Å²) in [7, 11) is 0. The number of hydrogen-bond acceptors (Lipinski definition) is 2. The predicted molar refractivity (Wildman–Crippen MR) is 74.4 cm³/mol. The van der Waals surface area contributed by atoms with Crippen LogP contribution in [-0.2, 0) is 6.54 Å². The number of nitrogens with zero attached hydrogens (tertiary/aromatic N) is 1. The van der Waals surface area contributed by atoms with Gasteiger partial charge in [-0.2, -0.15) is 0 Å². The first-order valence-electron chi connectivity index (χ1n) is 5.82. The van der Waals surface area contributed by atoms with E-state index >= 15 is 0 Å². The number of aromatic nitrogens is 2. The van der Waals surface area contributed by atoms with Gasteiger partial charge in [0.15, 0.2) is 0 Å². The highest BCUT2D eigenvalue weighted by atomic mass is 35.5. The Hall–Kier alpha value is -1.91. The van der Waals surface area contributed by atoms with Crippen LogP contribution in [0.15, 0.2) is 36.4 Å². The molecule has 3 nitrogen and oxygen atoms in total. The van der Waals surface area contributed by atoms with Crippen LogP contribution in [0.4, 0.5) is 4.39 Å². The van der Waals surface area contributed by atoms with E-state index in [4.69, 9.17) is 17.3 Å². The summed E-state index contributed by atoms with van der Waals surface area (Å²) in [4.78, 5) is 7.51. The maximum Gasteiger partial charge on any atom is 0.141 e. The molecule has 19 heavy (non-hydrogen) atoms. The lowest BCUT2D eigenvalue weighted by Gasteiger charge is -1.99. The van der Waals surface area contributed by atoms with Crippen LogP contribution in [0.3, 0.4) is 0 Å². The molecule has 0 aliphatic heterocycles. The van der Waals surface area contributed by atoms with E-state index < -0.39 is 0 Å². The van der Waals surface area contributed by atoms with Gasteiger partial charge in [-0.1, -0.05) is 23.7 Å². The lowest BCUT2D eigenvalue weighted by molar-refractivity contribution is 0.630. The average molecular weight is 276 g/mol.